The average Bonchev–Trinajstić information content (AvgIpc) is 2.88. The van der Waals surface area contributed by atoms with Crippen LogP contribution >= 0.6 is 0 Å². The van der Waals surface area contributed by atoms with Crippen molar-refractivity contribution in [3.63, 3.8) is 0 Å². The highest BCUT2D eigenvalue weighted by molar-refractivity contribution is 5.24. The van der Waals surface area contributed by atoms with E-state index in [1.165, 1.54) is 10.9 Å². The van der Waals surface area contributed by atoms with Crippen molar-refractivity contribution in [2.45, 2.75) is 33.0 Å². The largest absolute Gasteiger partial charge is 0.435 e. The first-order chi connectivity index (χ1) is 9.32. The van der Waals surface area contributed by atoms with Gasteiger partial charge in [0, 0.05) is 23.9 Å². The lowest BCUT2D eigenvalue weighted by Crippen LogP contribution is -2.11. The highest BCUT2D eigenvalue weighted by Crippen LogP contribution is 2.31. The van der Waals surface area contributed by atoms with E-state index in [9.17, 15) is 13.2 Å². The van der Waals surface area contributed by atoms with Gasteiger partial charge in [0.15, 0.2) is 5.69 Å². The molecule has 0 saturated carbocycles. The minimum atomic E-state index is -4.53. The van der Waals surface area contributed by atoms with Crippen LogP contribution in [0.3, 0.4) is 0 Å². The minimum Gasteiger partial charge on any atom is -0.396 e. The SMILES string of the molecule is Cc1noc(C)c1Cn1cc(CCO)c(C(F)(F)F)n1. The Morgan fingerprint density at radius 3 is 2.55 bits per heavy atom. The predicted octanol–water partition coefficient (Wildman–Crippen LogP) is 2.09. The van der Waals surface area contributed by atoms with Crippen LogP contribution in [0.4, 0.5) is 13.2 Å². The molecule has 2 rings (SSSR count). The van der Waals surface area contributed by atoms with Crippen LogP contribution in [-0.4, -0.2) is 26.7 Å². The third kappa shape index (κ3) is 2.84. The van der Waals surface area contributed by atoms with Crippen LogP contribution in [0.1, 0.15) is 28.3 Å². The summed E-state index contributed by atoms with van der Waals surface area (Å²) in [6, 6.07) is 0. The Balaban J connectivity index is 2.34. The smallest absolute Gasteiger partial charge is 0.396 e. The monoisotopic (exact) mass is 289 g/mol. The van der Waals surface area contributed by atoms with Gasteiger partial charge in [-0.25, -0.2) is 0 Å². The molecular formula is C12H14F3N3O2. The molecule has 0 amide bonds. The minimum absolute atomic E-state index is 0.0215. The number of halogens is 3. The van der Waals surface area contributed by atoms with Crippen molar-refractivity contribution in [2.24, 2.45) is 0 Å². The maximum Gasteiger partial charge on any atom is 0.435 e. The van der Waals surface area contributed by atoms with Crippen molar-refractivity contribution in [3.8, 4) is 0 Å². The number of aliphatic hydroxyl groups excluding tert-OH is 1. The number of rotatable bonds is 4. The van der Waals surface area contributed by atoms with Crippen molar-refractivity contribution in [1.29, 1.82) is 0 Å². The van der Waals surface area contributed by atoms with Crippen LogP contribution in [-0.2, 0) is 19.1 Å². The van der Waals surface area contributed by atoms with Gasteiger partial charge >= 0.3 is 6.18 Å². The van der Waals surface area contributed by atoms with Crippen molar-refractivity contribution in [3.05, 3.63) is 34.5 Å². The van der Waals surface area contributed by atoms with Crippen LogP contribution in [0.2, 0.25) is 0 Å². The fraction of sp³-hybridized carbons (Fsp3) is 0.500. The van der Waals surface area contributed by atoms with Crippen LogP contribution < -0.4 is 0 Å². The molecule has 0 radical (unpaired) electrons. The molecule has 0 bridgehead atoms. The number of aryl methyl sites for hydroxylation is 2. The molecule has 0 saturated heterocycles. The number of nitrogens with zero attached hydrogens (tertiary/aromatic N) is 3. The summed E-state index contributed by atoms with van der Waals surface area (Å²) in [5.41, 5.74) is 0.345. The van der Waals surface area contributed by atoms with Gasteiger partial charge in [-0.15, -0.1) is 0 Å². The fourth-order valence-corrected chi connectivity index (χ4v) is 1.98. The summed E-state index contributed by atoms with van der Waals surface area (Å²) in [5.74, 6) is 0.551. The van der Waals surface area contributed by atoms with E-state index in [1.807, 2.05) is 0 Å². The highest BCUT2D eigenvalue weighted by atomic mass is 19.4. The van der Waals surface area contributed by atoms with E-state index < -0.39 is 11.9 Å². The zero-order valence-corrected chi connectivity index (χ0v) is 11.0. The third-order valence-corrected chi connectivity index (χ3v) is 2.99. The van der Waals surface area contributed by atoms with Crippen LogP contribution in [0, 0.1) is 13.8 Å². The number of hydrogen-bond donors (Lipinski definition) is 1. The molecule has 0 aromatic carbocycles. The molecule has 0 aliphatic rings. The third-order valence-electron chi connectivity index (χ3n) is 2.99. The Bertz CT molecular complexity index is 582. The van der Waals surface area contributed by atoms with Gasteiger partial charge in [-0.3, -0.25) is 4.68 Å². The molecule has 0 aliphatic heterocycles. The Labute approximate surface area is 113 Å². The van der Waals surface area contributed by atoms with Crippen LogP contribution in [0.5, 0.6) is 0 Å². The number of hydrogen-bond acceptors (Lipinski definition) is 4. The van der Waals surface area contributed by atoms with Gasteiger partial charge in [0.1, 0.15) is 5.76 Å². The number of alkyl halides is 3. The summed E-state index contributed by atoms with van der Waals surface area (Å²) in [6.45, 7) is 3.20. The first-order valence-electron chi connectivity index (χ1n) is 5.99. The molecule has 5 nitrogen and oxygen atoms in total. The van der Waals surface area contributed by atoms with Crippen molar-refractivity contribution in [2.75, 3.05) is 6.61 Å². The van der Waals surface area contributed by atoms with Gasteiger partial charge in [0.05, 0.1) is 12.2 Å². The summed E-state index contributed by atoms with van der Waals surface area (Å²) >= 11 is 0. The molecular weight excluding hydrogens is 275 g/mol. The Morgan fingerprint density at radius 2 is 2.05 bits per heavy atom. The van der Waals surface area contributed by atoms with E-state index in [-0.39, 0.29) is 25.1 Å². The number of aliphatic hydroxyl groups is 1. The van der Waals surface area contributed by atoms with E-state index in [0.717, 1.165) is 0 Å². The molecule has 8 heteroatoms. The lowest BCUT2D eigenvalue weighted by atomic mass is 10.2. The van der Waals surface area contributed by atoms with Crippen molar-refractivity contribution in [1.82, 2.24) is 14.9 Å². The highest BCUT2D eigenvalue weighted by Gasteiger charge is 2.36. The van der Waals surface area contributed by atoms with E-state index in [4.69, 9.17) is 9.63 Å². The first-order valence-corrected chi connectivity index (χ1v) is 5.99. The van der Waals surface area contributed by atoms with E-state index in [2.05, 4.69) is 10.3 Å². The molecule has 2 heterocycles. The Kier molecular flexibility index (Phi) is 3.85. The maximum absolute atomic E-state index is 12.8. The van der Waals surface area contributed by atoms with E-state index >= 15 is 0 Å². The molecule has 0 atom stereocenters. The van der Waals surface area contributed by atoms with Crippen molar-refractivity contribution >= 4 is 0 Å². The Morgan fingerprint density at radius 1 is 1.35 bits per heavy atom. The molecule has 2 aromatic heterocycles. The quantitative estimate of drug-likeness (QED) is 0.936. The van der Waals surface area contributed by atoms with E-state index in [1.54, 1.807) is 13.8 Å². The predicted molar refractivity (Wildman–Crippen MR) is 63.1 cm³/mol. The summed E-state index contributed by atoms with van der Waals surface area (Å²) in [6.07, 6.45) is -3.32. The van der Waals surface area contributed by atoms with Gasteiger partial charge in [-0.05, 0) is 20.3 Å². The van der Waals surface area contributed by atoms with Gasteiger partial charge in [0.25, 0.3) is 0 Å². The molecule has 20 heavy (non-hydrogen) atoms. The second kappa shape index (κ2) is 5.28. The number of aromatic nitrogens is 3. The molecule has 0 aliphatic carbocycles. The summed E-state index contributed by atoms with van der Waals surface area (Å²) < 4.78 is 44.7. The zero-order chi connectivity index (χ0) is 14.9. The molecule has 110 valence electrons. The fourth-order valence-electron chi connectivity index (χ4n) is 1.98. The molecule has 2 aromatic rings. The summed E-state index contributed by atoms with van der Waals surface area (Å²) in [4.78, 5) is 0. The van der Waals surface area contributed by atoms with Gasteiger partial charge in [-0.2, -0.15) is 18.3 Å². The second-order valence-electron chi connectivity index (χ2n) is 4.47. The van der Waals surface area contributed by atoms with Gasteiger partial charge in [-0.1, -0.05) is 5.16 Å². The second-order valence-corrected chi connectivity index (χ2v) is 4.47. The zero-order valence-electron chi connectivity index (χ0n) is 11.0. The first kappa shape index (κ1) is 14.6. The van der Waals surface area contributed by atoms with Crippen LogP contribution in [0.25, 0.3) is 0 Å². The van der Waals surface area contributed by atoms with Crippen molar-refractivity contribution < 1.29 is 22.8 Å². The maximum atomic E-state index is 12.8. The van der Waals surface area contributed by atoms with Gasteiger partial charge in [0.2, 0.25) is 0 Å². The lowest BCUT2D eigenvalue weighted by molar-refractivity contribution is -0.142. The van der Waals surface area contributed by atoms with Gasteiger partial charge < -0.3 is 9.63 Å². The van der Waals surface area contributed by atoms with Crippen LogP contribution in [0.15, 0.2) is 10.7 Å². The molecule has 0 fully saturated rings. The summed E-state index contributed by atoms with van der Waals surface area (Å²) in [7, 11) is 0. The molecule has 1 N–H and O–H groups in total. The standard InChI is InChI=1S/C12H14F3N3O2/c1-7-10(8(2)20-17-7)6-18-5-9(3-4-19)11(16-18)12(13,14)15/h5,19H,3-4,6H2,1-2H3. The molecule has 0 spiro atoms. The lowest BCUT2D eigenvalue weighted by Gasteiger charge is -2.04. The van der Waals surface area contributed by atoms with E-state index in [0.29, 0.717) is 17.0 Å². The topological polar surface area (TPSA) is 64.1 Å². The summed E-state index contributed by atoms with van der Waals surface area (Å²) in [5, 5.41) is 16.2. The Hall–Kier alpha value is -1.83. The average molecular weight is 289 g/mol. The molecule has 0 unspecified atom stereocenters. The normalized spacial score (nSPS) is 12.1.